The van der Waals surface area contributed by atoms with Crippen LogP contribution in [0, 0.1) is 0 Å². The van der Waals surface area contributed by atoms with Gasteiger partial charge in [-0.25, -0.2) is 4.79 Å². The smallest absolute Gasteiger partial charge is 0.411 e. The average molecular weight is 388 g/mol. The molecule has 0 heterocycles. The van der Waals surface area contributed by atoms with Crippen LogP contribution in [0.2, 0.25) is 0 Å². The highest BCUT2D eigenvalue weighted by atomic mass is 16.4. The maximum atomic E-state index is 12.9. The van der Waals surface area contributed by atoms with Gasteiger partial charge in [0.05, 0.1) is 0 Å². The Balaban J connectivity index is 1.82. The van der Waals surface area contributed by atoms with E-state index in [0.29, 0.717) is 23.5 Å². The van der Waals surface area contributed by atoms with Crippen molar-refractivity contribution in [3.8, 4) is 11.1 Å². The fraction of sp³-hybridized carbons (Fsp3) is 0.167. The lowest BCUT2D eigenvalue weighted by atomic mass is 9.98. The maximum Gasteiger partial charge on any atom is 0.411 e. The Bertz CT molecular complexity index is 995. The molecule has 3 aromatic carbocycles. The molecule has 148 valence electrons. The standard InChI is InChI=1S/C24H24N2O3/c1-3-17-9-11-18(12-10-17)21-7-5-6-8-22(21)23(27)25-19-13-15-20(16-14-19)26(4-2)24(28)29/h5-16H,3-4H2,1-2H3,(H,25,27)(H,28,29). The van der Waals surface area contributed by atoms with Crippen molar-refractivity contribution in [2.24, 2.45) is 0 Å². The number of carboxylic acid groups (broad SMARTS) is 1. The summed E-state index contributed by atoms with van der Waals surface area (Å²) in [7, 11) is 0. The van der Waals surface area contributed by atoms with Crippen molar-refractivity contribution in [1.82, 2.24) is 0 Å². The summed E-state index contributed by atoms with van der Waals surface area (Å²) in [4.78, 5) is 25.4. The lowest BCUT2D eigenvalue weighted by Crippen LogP contribution is -2.28. The summed E-state index contributed by atoms with van der Waals surface area (Å²) >= 11 is 0. The second-order valence-electron chi connectivity index (χ2n) is 6.62. The summed E-state index contributed by atoms with van der Waals surface area (Å²) in [6.07, 6.45) is -0.0391. The van der Waals surface area contributed by atoms with Gasteiger partial charge in [0, 0.05) is 23.5 Å². The minimum Gasteiger partial charge on any atom is -0.465 e. The van der Waals surface area contributed by atoms with Gasteiger partial charge in [-0.15, -0.1) is 0 Å². The number of nitrogens with one attached hydrogen (secondary N) is 1. The quantitative estimate of drug-likeness (QED) is 0.571. The minimum absolute atomic E-state index is 0.210. The van der Waals surface area contributed by atoms with Crippen molar-refractivity contribution in [1.29, 1.82) is 0 Å². The molecule has 0 bridgehead atoms. The fourth-order valence-corrected chi connectivity index (χ4v) is 3.20. The predicted molar refractivity (Wildman–Crippen MR) is 117 cm³/mol. The number of nitrogens with zero attached hydrogens (tertiary/aromatic N) is 1. The van der Waals surface area contributed by atoms with Gasteiger partial charge >= 0.3 is 6.09 Å². The van der Waals surface area contributed by atoms with Crippen LogP contribution in [0.4, 0.5) is 16.2 Å². The van der Waals surface area contributed by atoms with Crippen LogP contribution in [0.15, 0.2) is 72.8 Å². The van der Waals surface area contributed by atoms with Crippen LogP contribution in [0.1, 0.15) is 29.8 Å². The van der Waals surface area contributed by atoms with E-state index in [-0.39, 0.29) is 5.91 Å². The van der Waals surface area contributed by atoms with Crippen LogP contribution >= 0.6 is 0 Å². The van der Waals surface area contributed by atoms with Crippen molar-refractivity contribution < 1.29 is 14.7 Å². The Labute approximate surface area is 170 Å². The molecule has 2 amide bonds. The average Bonchev–Trinajstić information content (AvgIpc) is 2.75. The van der Waals surface area contributed by atoms with Gasteiger partial charge in [0.2, 0.25) is 0 Å². The molecule has 0 aliphatic carbocycles. The van der Waals surface area contributed by atoms with Crippen LogP contribution in [-0.2, 0) is 6.42 Å². The van der Waals surface area contributed by atoms with Gasteiger partial charge in [-0.05, 0) is 60.4 Å². The molecular formula is C24H24N2O3. The van der Waals surface area contributed by atoms with E-state index in [1.54, 1.807) is 37.3 Å². The second kappa shape index (κ2) is 9.06. The number of aryl methyl sites for hydroxylation is 1. The highest BCUT2D eigenvalue weighted by Gasteiger charge is 2.14. The first-order valence-electron chi connectivity index (χ1n) is 9.63. The molecule has 29 heavy (non-hydrogen) atoms. The van der Waals surface area contributed by atoms with Crippen molar-refractivity contribution in [3.05, 3.63) is 83.9 Å². The van der Waals surface area contributed by atoms with E-state index in [4.69, 9.17) is 0 Å². The van der Waals surface area contributed by atoms with Crippen LogP contribution < -0.4 is 10.2 Å². The van der Waals surface area contributed by atoms with Crippen LogP contribution in [0.5, 0.6) is 0 Å². The Morgan fingerprint density at radius 2 is 1.55 bits per heavy atom. The van der Waals surface area contributed by atoms with E-state index in [1.807, 2.05) is 30.3 Å². The molecule has 0 spiro atoms. The van der Waals surface area contributed by atoms with Gasteiger partial charge in [-0.1, -0.05) is 49.4 Å². The highest BCUT2D eigenvalue weighted by Crippen LogP contribution is 2.26. The molecule has 2 N–H and O–H groups in total. The van der Waals surface area contributed by atoms with E-state index in [9.17, 15) is 14.7 Å². The summed E-state index contributed by atoms with van der Waals surface area (Å²) in [6, 6.07) is 22.5. The number of hydrogen-bond acceptors (Lipinski definition) is 2. The Morgan fingerprint density at radius 1 is 0.897 bits per heavy atom. The molecule has 3 rings (SSSR count). The first-order chi connectivity index (χ1) is 14.0. The Hall–Kier alpha value is -3.60. The monoisotopic (exact) mass is 388 g/mol. The normalized spacial score (nSPS) is 10.4. The van der Waals surface area contributed by atoms with Crippen LogP contribution in [0.3, 0.4) is 0 Å². The Kier molecular flexibility index (Phi) is 6.29. The van der Waals surface area contributed by atoms with Crippen LogP contribution in [-0.4, -0.2) is 23.7 Å². The van der Waals surface area contributed by atoms with Crippen molar-refractivity contribution in [2.45, 2.75) is 20.3 Å². The summed E-state index contributed by atoms with van der Waals surface area (Å²) in [5.41, 5.74) is 4.86. The van der Waals surface area contributed by atoms with E-state index < -0.39 is 6.09 Å². The zero-order chi connectivity index (χ0) is 20.8. The number of amides is 2. The van der Waals surface area contributed by atoms with Crippen molar-refractivity contribution >= 4 is 23.4 Å². The molecule has 0 radical (unpaired) electrons. The number of benzene rings is 3. The second-order valence-corrected chi connectivity index (χ2v) is 6.62. The van der Waals surface area contributed by atoms with E-state index in [2.05, 4.69) is 24.4 Å². The molecule has 0 unspecified atom stereocenters. The molecule has 0 aliphatic rings. The van der Waals surface area contributed by atoms with Crippen molar-refractivity contribution in [3.63, 3.8) is 0 Å². The third-order valence-corrected chi connectivity index (χ3v) is 4.83. The molecule has 5 nitrogen and oxygen atoms in total. The van der Waals surface area contributed by atoms with Gasteiger partial charge < -0.3 is 10.4 Å². The zero-order valence-electron chi connectivity index (χ0n) is 16.6. The molecule has 3 aromatic rings. The summed E-state index contributed by atoms with van der Waals surface area (Å²) < 4.78 is 0. The molecule has 0 aliphatic heterocycles. The number of carbonyl (C=O) groups is 2. The molecule has 0 saturated carbocycles. The molecular weight excluding hydrogens is 364 g/mol. The third kappa shape index (κ3) is 4.63. The summed E-state index contributed by atoms with van der Waals surface area (Å²) in [5, 5.41) is 12.1. The third-order valence-electron chi connectivity index (χ3n) is 4.83. The van der Waals surface area contributed by atoms with Gasteiger partial charge in [0.1, 0.15) is 0 Å². The first-order valence-corrected chi connectivity index (χ1v) is 9.63. The number of rotatable bonds is 6. The van der Waals surface area contributed by atoms with Crippen molar-refractivity contribution in [2.75, 3.05) is 16.8 Å². The maximum absolute atomic E-state index is 12.9. The molecule has 5 heteroatoms. The van der Waals surface area contributed by atoms with Gasteiger partial charge in [-0.2, -0.15) is 0 Å². The SMILES string of the molecule is CCc1ccc(-c2ccccc2C(=O)Nc2ccc(N(CC)C(=O)O)cc2)cc1. The molecule has 0 aromatic heterocycles. The van der Waals surface area contributed by atoms with Gasteiger partial charge in [0.25, 0.3) is 5.91 Å². The van der Waals surface area contributed by atoms with E-state index >= 15 is 0 Å². The highest BCUT2D eigenvalue weighted by molar-refractivity contribution is 6.08. The first kappa shape index (κ1) is 20.1. The largest absolute Gasteiger partial charge is 0.465 e. The number of anilines is 2. The van der Waals surface area contributed by atoms with Gasteiger partial charge in [0.15, 0.2) is 0 Å². The summed E-state index contributed by atoms with van der Waals surface area (Å²) in [6.45, 7) is 4.23. The lowest BCUT2D eigenvalue weighted by Gasteiger charge is -2.17. The lowest BCUT2D eigenvalue weighted by molar-refractivity contribution is 0.102. The predicted octanol–water partition coefficient (Wildman–Crippen LogP) is 5.67. The van der Waals surface area contributed by atoms with E-state index in [0.717, 1.165) is 17.5 Å². The molecule has 0 atom stereocenters. The topological polar surface area (TPSA) is 69.6 Å². The summed E-state index contributed by atoms with van der Waals surface area (Å²) in [5.74, 6) is -0.210. The number of hydrogen-bond donors (Lipinski definition) is 2. The van der Waals surface area contributed by atoms with Crippen LogP contribution in [0.25, 0.3) is 11.1 Å². The Morgan fingerprint density at radius 3 is 2.14 bits per heavy atom. The minimum atomic E-state index is -1.01. The molecule has 0 fully saturated rings. The number of carbonyl (C=O) groups excluding carboxylic acids is 1. The zero-order valence-corrected chi connectivity index (χ0v) is 16.6. The van der Waals surface area contributed by atoms with E-state index in [1.165, 1.54) is 10.5 Å². The fourth-order valence-electron chi connectivity index (χ4n) is 3.20. The van der Waals surface area contributed by atoms with Gasteiger partial charge in [-0.3, -0.25) is 9.69 Å². The molecule has 0 saturated heterocycles.